The molecule has 0 aliphatic carbocycles. The molecule has 1 heterocycles. The molecule has 1 aliphatic rings. The van der Waals surface area contributed by atoms with Crippen LogP contribution in [-0.2, 0) is 6.54 Å². The minimum absolute atomic E-state index is 0. The normalized spacial score (nSPS) is 20.1. The zero-order valence-corrected chi connectivity index (χ0v) is 12.7. The molecular formula is C15H25ClN2O. The summed E-state index contributed by atoms with van der Waals surface area (Å²) in [6.07, 6.45) is 2.61. The zero-order chi connectivity index (χ0) is 13.0. The molecule has 1 aromatic rings. The molecule has 0 aromatic heterocycles. The van der Waals surface area contributed by atoms with E-state index in [9.17, 15) is 0 Å². The highest BCUT2D eigenvalue weighted by Crippen LogP contribution is 2.17. The number of nitrogens with two attached hydrogens (primary N) is 1. The summed E-state index contributed by atoms with van der Waals surface area (Å²) in [5.41, 5.74) is 7.33. The SMILES string of the molecule is CC(C)Oc1ccc(CN2CCCC(N)C2)cc1.Cl. The number of halogens is 1. The predicted molar refractivity (Wildman–Crippen MR) is 81.9 cm³/mol. The van der Waals surface area contributed by atoms with Crippen molar-refractivity contribution in [2.45, 2.75) is 45.4 Å². The highest BCUT2D eigenvalue weighted by atomic mass is 35.5. The second kappa shape index (κ2) is 7.73. The first-order valence-electron chi connectivity index (χ1n) is 6.87. The minimum atomic E-state index is 0. The van der Waals surface area contributed by atoms with Crippen molar-refractivity contribution < 1.29 is 4.74 Å². The number of hydrogen-bond donors (Lipinski definition) is 1. The van der Waals surface area contributed by atoms with Crippen LogP contribution in [0.2, 0.25) is 0 Å². The second-order valence-corrected chi connectivity index (χ2v) is 5.45. The molecule has 108 valence electrons. The van der Waals surface area contributed by atoms with Gasteiger partial charge in [-0.2, -0.15) is 0 Å². The van der Waals surface area contributed by atoms with Gasteiger partial charge in [0.15, 0.2) is 0 Å². The van der Waals surface area contributed by atoms with Gasteiger partial charge in [0.05, 0.1) is 6.10 Å². The monoisotopic (exact) mass is 284 g/mol. The number of piperidine rings is 1. The van der Waals surface area contributed by atoms with Gasteiger partial charge >= 0.3 is 0 Å². The van der Waals surface area contributed by atoms with Crippen LogP contribution in [-0.4, -0.2) is 30.1 Å². The van der Waals surface area contributed by atoms with Gasteiger partial charge in [0, 0.05) is 19.1 Å². The van der Waals surface area contributed by atoms with E-state index in [2.05, 4.69) is 29.2 Å². The summed E-state index contributed by atoms with van der Waals surface area (Å²) in [6, 6.07) is 8.76. The third-order valence-electron chi connectivity index (χ3n) is 3.24. The molecule has 1 fully saturated rings. The van der Waals surface area contributed by atoms with Crippen LogP contribution in [0.25, 0.3) is 0 Å². The highest BCUT2D eigenvalue weighted by molar-refractivity contribution is 5.85. The quantitative estimate of drug-likeness (QED) is 0.924. The van der Waals surface area contributed by atoms with Crippen molar-refractivity contribution >= 4 is 12.4 Å². The average Bonchev–Trinajstić information content (AvgIpc) is 2.31. The molecule has 0 radical (unpaired) electrons. The lowest BCUT2D eigenvalue weighted by atomic mass is 10.1. The molecule has 1 aliphatic heterocycles. The molecule has 4 heteroatoms. The Morgan fingerprint density at radius 1 is 1.32 bits per heavy atom. The van der Waals surface area contributed by atoms with Crippen molar-refractivity contribution in [3.8, 4) is 5.75 Å². The van der Waals surface area contributed by atoms with Crippen LogP contribution < -0.4 is 10.5 Å². The lowest BCUT2D eigenvalue weighted by Gasteiger charge is -2.30. The van der Waals surface area contributed by atoms with E-state index in [4.69, 9.17) is 10.5 Å². The maximum atomic E-state index is 6.00. The van der Waals surface area contributed by atoms with E-state index in [1.54, 1.807) is 0 Å². The number of benzene rings is 1. The fourth-order valence-corrected chi connectivity index (χ4v) is 2.44. The Hall–Kier alpha value is -0.770. The Morgan fingerprint density at radius 2 is 2.00 bits per heavy atom. The smallest absolute Gasteiger partial charge is 0.119 e. The first-order chi connectivity index (χ1) is 8.63. The number of likely N-dealkylation sites (tertiary alicyclic amines) is 1. The van der Waals surface area contributed by atoms with Crippen LogP contribution in [0.15, 0.2) is 24.3 Å². The molecule has 2 rings (SSSR count). The van der Waals surface area contributed by atoms with E-state index >= 15 is 0 Å². The summed E-state index contributed by atoms with van der Waals surface area (Å²) < 4.78 is 5.64. The average molecular weight is 285 g/mol. The van der Waals surface area contributed by atoms with E-state index < -0.39 is 0 Å². The predicted octanol–water partition coefficient (Wildman–Crippen LogP) is 2.82. The van der Waals surface area contributed by atoms with Crippen molar-refractivity contribution in [3.63, 3.8) is 0 Å². The van der Waals surface area contributed by atoms with Gasteiger partial charge in [-0.05, 0) is 50.9 Å². The maximum Gasteiger partial charge on any atom is 0.119 e. The third-order valence-corrected chi connectivity index (χ3v) is 3.24. The van der Waals surface area contributed by atoms with Gasteiger partial charge in [-0.15, -0.1) is 12.4 Å². The molecule has 1 atom stereocenters. The van der Waals surface area contributed by atoms with Crippen LogP contribution >= 0.6 is 12.4 Å². The Bertz CT molecular complexity index is 367. The van der Waals surface area contributed by atoms with Crippen molar-refractivity contribution in [3.05, 3.63) is 29.8 Å². The topological polar surface area (TPSA) is 38.5 Å². The first kappa shape index (κ1) is 16.3. The fourth-order valence-electron chi connectivity index (χ4n) is 2.44. The molecule has 1 aromatic carbocycles. The number of ether oxygens (including phenoxy) is 1. The standard InChI is InChI=1S/C15H24N2O.ClH/c1-12(2)18-15-7-5-13(6-8-15)10-17-9-3-4-14(16)11-17;/h5-8,12,14H,3-4,9-11,16H2,1-2H3;1H. The molecular weight excluding hydrogens is 260 g/mol. The van der Waals surface area contributed by atoms with Gasteiger partial charge < -0.3 is 10.5 Å². The summed E-state index contributed by atoms with van der Waals surface area (Å²) >= 11 is 0. The van der Waals surface area contributed by atoms with Gasteiger partial charge in [-0.1, -0.05) is 12.1 Å². The molecule has 3 nitrogen and oxygen atoms in total. The molecule has 19 heavy (non-hydrogen) atoms. The molecule has 0 bridgehead atoms. The largest absolute Gasteiger partial charge is 0.491 e. The molecule has 1 saturated heterocycles. The minimum Gasteiger partial charge on any atom is -0.491 e. The second-order valence-electron chi connectivity index (χ2n) is 5.45. The summed E-state index contributed by atoms with van der Waals surface area (Å²) in [5, 5.41) is 0. The van der Waals surface area contributed by atoms with Crippen LogP contribution in [0.3, 0.4) is 0 Å². The Labute approximate surface area is 122 Å². The van der Waals surface area contributed by atoms with Crippen LogP contribution in [0.5, 0.6) is 5.75 Å². The summed E-state index contributed by atoms with van der Waals surface area (Å²) in [5.74, 6) is 0.948. The lowest BCUT2D eigenvalue weighted by Crippen LogP contribution is -2.42. The number of nitrogens with zero attached hydrogens (tertiary/aromatic N) is 1. The van der Waals surface area contributed by atoms with Gasteiger partial charge in [0.1, 0.15) is 5.75 Å². The number of rotatable bonds is 4. The number of hydrogen-bond acceptors (Lipinski definition) is 3. The summed E-state index contributed by atoms with van der Waals surface area (Å²) in [7, 11) is 0. The summed E-state index contributed by atoms with van der Waals surface area (Å²) in [4.78, 5) is 2.44. The molecule has 1 unspecified atom stereocenters. The Morgan fingerprint density at radius 3 is 2.58 bits per heavy atom. The van der Waals surface area contributed by atoms with Gasteiger partial charge in [-0.3, -0.25) is 4.90 Å². The van der Waals surface area contributed by atoms with E-state index in [1.807, 2.05) is 13.8 Å². The van der Waals surface area contributed by atoms with Gasteiger partial charge in [-0.25, -0.2) is 0 Å². The first-order valence-corrected chi connectivity index (χ1v) is 6.87. The maximum absolute atomic E-state index is 6.00. The lowest BCUT2D eigenvalue weighted by molar-refractivity contribution is 0.201. The van der Waals surface area contributed by atoms with Crippen molar-refractivity contribution in [2.75, 3.05) is 13.1 Å². The molecule has 0 amide bonds. The van der Waals surface area contributed by atoms with Crippen LogP contribution in [0.4, 0.5) is 0 Å². The van der Waals surface area contributed by atoms with Crippen molar-refractivity contribution in [1.82, 2.24) is 4.90 Å². The van der Waals surface area contributed by atoms with Crippen molar-refractivity contribution in [2.24, 2.45) is 5.73 Å². The van der Waals surface area contributed by atoms with Crippen LogP contribution in [0.1, 0.15) is 32.3 Å². The molecule has 0 spiro atoms. The fraction of sp³-hybridized carbons (Fsp3) is 0.600. The molecule has 2 N–H and O–H groups in total. The van der Waals surface area contributed by atoms with E-state index in [0.717, 1.165) is 31.8 Å². The third kappa shape index (κ3) is 5.39. The Balaban J connectivity index is 0.00000180. The summed E-state index contributed by atoms with van der Waals surface area (Å²) in [6.45, 7) is 7.27. The van der Waals surface area contributed by atoms with Gasteiger partial charge in [0.25, 0.3) is 0 Å². The highest BCUT2D eigenvalue weighted by Gasteiger charge is 2.16. The van der Waals surface area contributed by atoms with E-state index in [1.165, 1.54) is 12.0 Å². The molecule has 0 saturated carbocycles. The van der Waals surface area contributed by atoms with E-state index in [0.29, 0.717) is 6.04 Å². The van der Waals surface area contributed by atoms with Crippen molar-refractivity contribution in [1.29, 1.82) is 0 Å². The zero-order valence-electron chi connectivity index (χ0n) is 11.8. The van der Waals surface area contributed by atoms with E-state index in [-0.39, 0.29) is 18.5 Å². The Kier molecular flexibility index (Phi) is 6.63. The van der Waals surface area contributed by atoms with Gasteiger partial charge in [0.2, 0.25) is 0 Å². The van der Waals surface area contributed by atoms with Crippen LogP contribution in [0, 0.1) is 0 Å².